The van der Waals surface area contributed by atoms with Crippen LogP contribution >= 0.6 is 11.6 Å². The van der Waals surface area contributed by atoms with Crippen LogP contribution in [0.1, 0.15) is 16.7 Å². The minimum Gasteiger partial charge on any atom is -0.469 e. The van der Waals surface area contributed by atoms with Crippen molar-refractivity contribution in [2.24, 2.45) is 0 Å². The van der Waals surface area contributed by atoms with Gasteiger partial charge in [0.1, 0.15) is 11.8 Å². The van der Waals surface area contributed by atoms with Gasteiger partial charge >= 0.3 is 12.6 Å². The predicted molar refractivity (Wildman–Crippen MR) is 63.1 cm³/mol. The van der Waals surface area contributed by atoms with Crippen LogP contribution in [-0.2, 0) is 21.8 Å². The summed E-state index contributed by atoms with van der Waals surface area (Å²) in [6.45, 7) is -3.08. The van der Waals surface area contributed by atoms with Crippen molar-refractivity contribution in [1.82, 2.24) is 0 Å². The predicted octanol–water partition coefficient (Wildman–Crippen LogP) is 2.61. The van der Waals surface area contributed by atoms with E-state index >= 15 is 0 Å². The van der Waals surface area contributed by atoms with Crippen molar-refractivity contribution in [3.63, 3.8) is 0 Å². The average molecular weight is 290 g/mol. The smallest absolute Gasteiger partial charge is 0.387 e. The molecule has 0 heterocycles. The second kappa shape index (κ2) is 6.90. The molecule has 0 fully saturated rings. The summed E-state index contributed by atoms with van der Waals surface area (Å²) in [7, 11) is 1.21. The summed E-state index contributed by atoms with van der Waals surface area (Å²) in [4.78, 5) is 11.2. The number of carbonyl (C=O) groups excluding carboxylic acids is 1. The molecule has 0 amide bonds. The number of nitrogens with zero attached hydrogens (tertiary/aromatic N) is 1. The van der Waals surface area contributed by atoms with Crippen LogP contribution in [0, 0.1) is 11.3 Å². The summed E-state index contributed by atoms with van der Waals surface area (Å²) in [6.07, 6.45) is -0.135. The van der Waals surface area contributed by atoms with Crippen LogP contribution in [-0.4, -0.2) is 19.7 Å². The summed E-state index contributed by atoms with van der Waals surface area (Å²) >= 11 is 5.69. The molecule has 0 unspecified atom stereocenters. The Bertz CT molecular complexity index is 514. The fourth-order valence-electron chi connectivity index (χ4n) is 1.52. The van der Waals surface area contributed by atoms with Gasteiger partial charge in [0.15, 0.2) is 0 Å². The highest BCUT2D eigenvalue weighted by atomic mass is 35.5. The first-order chi connectivity index (χ1) is 9.03. The van der Waals surface area contributed by atoms with E-state index in [1.807, 2.05) is 0 Å². The zero-order valence-electron chi connectivity index (χ0n) is 9.95. The van der Waals surface area contributed by atoms with E-state index in [0.29, 0.717) is 5.56 Å². The standard InChI is InChI=1S/C12H10ClF2NO3/c1-18-10(17)4-7-2-3-8(6-16)11(9(7)5-13)19-12(14)15/h2-3,12H,4-5H2,1H3. The lowest BCUT2D eigenvalue weighted by atomic mass is 10.0. The van der Waals surface area contributed by atoms with Crippen LogP contribution in [0.15, 0.2) is 12.1 Å². The number of hydrogen-bond donors (Lipinski definition) is 0. The molecule has 0 saturated heterocycles. The number of methoxy groups -OCH3 is 1. The molecule has 102 valence electrons. The van der Waals surface area contributed by atoms with E-state index in [4.69, 9.17) is 16.9 Å². The molecule has 0 aliphatic heterocycles. The molecule has 0 radical (unpaired) electrons. The van der Waals surface area contributed by atoms with Gasteiger partial charge in [0.2, 0.25) is 0 Å². The number of ether oxygens (including phenoxy) is 2. The molecule has 0 N–H and O–H groups in total. The maximum atomic E-state index is 12.3. The van der Waals surface area contributed by atoms with Crippen LogP contribution < -0.4 is 4.74 Å². The molecule has 0 saturated carbocycles. The molecule has 0 aliphatic carbocycles. The van der Waals surface area contributed by atoms with Crippen LogP contribution in [0.5, 0.6) is 5.75 Å². The summed E-state index contributed by atoms with van der Waals surface area (Å²) in [5.74, 6) is -1.00. The maximum Gasteiger partial charge on any atom is 0.387 e. The minimum absolute atomic E-state index is 0.0652. The first-order valence-electron chi connectivity index (χ1n) is 5.15. The van der Waals surface area contributed by atoms with Crippen molar-refractivity contribution in [3.05, 3.63) is 28.8 Å². The van der Waals surface area contributed by atoms with E-state index in [0.717, 1.165) is 0 Å². The number of carbonyl (C=O) groups is 1. The normalized spacial score (nSPS) is 10.1. The first kappa shape index (κ1) is 15.2. The highest BCUT2D eigenvalue weighted by molar-refractivity contribution is 6.17. The van der Waals surface area contributed by atoms with Crippen LogP contribution in [0.3, 0.4) is 0 Å². The highest BCUT2D eigenvalue weighted by Gasteiger charge is 2.19. The summed E-state index contributed by atoms with van der Waals surface area (Å²) in [6, 6.07) is 4.50. The SMILES string of the molecule is COC(=O)Cc1ccc(C#N)c(OC(F)F)c1CCl. The number of esters is 1. The van der Waals surface area contributed by atoms with Crippen LogP contribution in [0.2, 0.25) is 0 Å². The third-order valence-electron chi connectivity index (χ3n) is 2.38. The summed E-state index contributed by atoms with van der Waals surface area (Å²) in [5.41, 5.74) is 0.507. The molecule has 0 aromatic heterocycles. The Kier molecular flexibility index (Phi) is 5.52. The summed E-state index contributed by atoms with van der Waals surface area (Å²) < 4.78 is 33.5. The van der Waals surface area contributed by atoms with Crippen molar-refractivity contribution in [1.29, 1.82) is 5.26 Å². The van der Waals surface area contributed by atoms with Gasteiger partial charge < -0.3 is 9.47 Å². The molecular formula is C12H10ClF2NO3. The quantitative estimate of drug-likeness (QED) is 0.617. The van der Waals surface area contributed by atoms with Crippen molar-refractivity contribution >= 4 is 17.6 Å². The average Bonchev–Trinajstić information content (AvgIpc) is 2.38. The van der Waals surface area contributed by atoms with E-state index in [1.54, 1.807) is 6.07 Å². The van der Waals surface area contributed by atoms with E-state index in [-0.39, 0.29) is 29.2 Å². The van der Waals surface area contributed by atoms with Crippen molar-refractivity contribution < 1.29 is 23.0 Å². The lowest BCUT2D eigenvalue weighted by Crippen LogP contribution is -2.11. The summed E-state index contributed by atoms with van der Waals surface area (Å²) in [5, 5.41) is 8.86. The van der Waals surface area contributed by atoms with Crippen molar-refractivity contribution in [2.45, 2.75) is 18.9 Å². The first-order valence-corrected chi connectivity index (χ1v) is 5.69. The molecule has 19 heavy (non-hydrogen) atoms. The van der Waals surface area contributed by atoms with Gasteiger partial charge in [0.25, 0.3) is 0 Å². The van der Waals surface area contributed by atoms with Crippen molar-refractivity contribution in [3.8, 4) is 11.8 Å². The molecule has 1 aromatic rings. The number of halogens is 3. The van der Waals surface area contributed by atoms with E-state index in [9.17, 15) is 13.6 Å². The third-order valence-corrected chi connectivity index (χ3v) is 2.65. The van der Waals surface area contributed by atoms with Crippen molar-refractivity contribution in [2.75, 3.05) is 7.11 Å². The van der Waals surface area contributed by atoms with E-state index < -0.39 is 12.6 Å². The Morgan fingerprint density at radius 3 is 2.68 bits per heavy atom. The number of hydrogen-bond acceptors (Lipinski definition) is 4. The molecule has 1 rings (SSSR count). The lowest BCUT2D eigenvalue weighted by molar-refractivity contribution is -0.139. The molecule has 4 nitrogen and oxygen atoms in total. The topological polar surface area (TPSA) is 59.3 Å². The fourth-order valence-corrected chi connectivity index (χ4v) is 1.81. The molecule has 1 aromatic carbocycles. The van der Waals surface area contributed by atoms with Gasteiger partial charge in [0.05, 0.1) is 25.0 Å². The monoisotopic (exact) mass is 289 g/mol. The largest absolute Gasteiger partial charge is 0.469 e. The van der Waals surface area contributed by atoms with Gasteiger partial charge in [-0.15, -0.1) is 11.6 Å². The number of alkyl halides is 3. The second-order valence-corrected chi connectivity index (χ2v) is 3.72. The molecule has 0 spiro atoms. The fraction of sp³-hybridized carbons (Fsp3) is 0.333. The number of nitriles is 1. The molecule has 0 atom stereocenters. The maximum absolute atomic E-state index is 12.3. The number of rotatable bonds is 5. The minimum atomic E-state index is -3.08. The zero-order valence-corrected chi connectivity index (χ0v) is 10.7. The van der Waals surface area contributed by atoms with Gasteiger partial charge in [-0.25, -0.2) is 0 Å². The Hall–Kier alpha value is -1.87. The van der Waals surface area contributed by atoms with Gasteiger partial charge in [-0.2, -0.15) is 14.0 Å². The molecular weight excluding hydrogens is 280 g/mol. The molecule has 7 heteroatoms. The Balaban J connectivity index is 3.28. The Labute approximate surface area is 113 Å². The van der Waals surface area contributed by atoms with Crippen LogP contribution in [0.4, 0.5) is 8.78 Å². The molecule has 0 aliphatic rings. The van der Waals surface area contributed by atoms with E-state index in [2.05, 4.69) is 9.47 Å². The molecule has 0 bridgehead atoms. The van der Waals surface area contributed by atoms with Gasteiger partial charge in [-0.3, -0.25) is 4.79 Å². The zero-order chi connectivity index (χ0) is 14.4. The van der Waals surface area contributed by atoms with Crippen LogP contribution in [0.25, 0.3) is 0 Å². The lowest BCUT2D eigenvalue weighted by Gasteiger charge is -2.14. The number of benzene rings is 1. The van der Waals surface area contributed by atoms with Gasteiger partial charge in [-0.1, -0.05) is 6.07 Å². The van der Waals surface area contributed by atoms with Gasteiger partial charge in [-0.05, 0) is 11.6 Å². The third kappa shape index (κ3) is 3.80. The highest BCUT2D eigenvalue weighted by Crippen LogP contribution is 2.30. The Morgan fingerprint density at radius 1 is 1.53 bits per heavy atom. The Morgan fingerprint density at radius 2 is 2.21 bits per heavy atom. The second-order valence-electron chi connectivity index (χ2n) is 3.46. The van der Waals surface area contributed by atoms with Gasteiger partial charge in [0, 0.05) is 5.56 Å². The van der Waals surface area contributed by atoms with E-state index in [1.165, 1.54) is 19.2 Å².